The SMILES string of the molecule is C[C@@H](N)c1c[nH]c(C(=O)O)c1. The monoisotopic (exact) mass is 154 g/mol. The standard InChI is InChI=1S/C7H10N2O2/c1-4(8)5-2-6(7(10)11)9-3-5/h2-4,9H,8H2,1H3,(H,10,11)/t4-/m1/s1. The van der Waals surface area contributed by atoms with Crippen LogP contribution in [0, 0.1) is 0 Å². The summed E-state index contributed by atoms with van der Waals surface area (Å²) in [7, 11) is 0. The molecule has 0 unspecified atom stereocenters. The first-order valence-corrected chi connectivity index (χ1v) is 3.28. The third kappa shape index (κ3) is 1.59. The van der Waals surface area contributed by atoms with Crippen LogP contribution >= 0.6 is 0 Å². The molecule has 0 aliphatic carbocycles. The Morgan fingerprint density at radius 3 is 2.73 bits per heavy atom. The Bertz CT molecular complexity index is 265. The van der Waals surface area contributed by atoms with E-state index < -0.39 is 5.97 Å². The van der Waals surface area contributed by atoms with Crippen LogP contribution in [0.5, 0.6) is 0 Å². The van der Waals surface area contributed by atoms with Crippen molar-refractivity contribution < 1.29 is 9.90 Å². The van der Waals surface area contributed by atoms with E-state index in [1.54, 1.807) is 13.1 Å². The molecule has 0 aromatic carbocycles. The molecular weight excluding hydrogens is 144 g/mol. The Morgan fingerprint density at radius 1 is 1.82 bits per heavy atom. The first kappa shape index (κ1) is 7.81. The van der Waals surface area contributed by atoms with Crippen LogP contribution in [0.15, 0.2) is 12.3 Å². The zero-order valence-corrected chi connectivity index (χ0v) is 6.16. The summed E-state index contributed by atoms with van der Waals surface area (Å²) in [6, 6.07) is 1.41. The molecule has 0 radical (unpaired) electrons. The van der Waals surface area contributed by atoms with Crippen LogP contribution in [0.2, 0.25) is 0 Å². The quantitative estimate of drug-likeness (QED) is 0.587. The molecular formula is C7H10N2O2. The van der Waals surface area contributed by atoms with Crippen molar-refractivity contribution in [1.82, 2.24) is 4.98 Å². The highest BCUT2D eigenvalue weighted by Gasteiger charge is 2.07. The number of hydrogen-bond acceptors (Lipinski definition) is 2. The second-order valence-corrected chi connectivity index (χ2v) is 2.44. The van der Waals surface area contributed by atoms with Gasteiger partial charge in [-0.3, -0.25) is 0 Å². The fourth-order valence-electron chi connectivity index (χ4n) is 0.797. The topological polar surface area (TPSA) is 79.1 Å². The average Bonchev–Trinajstić information content (AvgIpc) is 2.33. The van der Waals surface area contributed by atoms with Crippen LogP contribution in [0.3, 0.4) is 0 Å². The van der Waals surface area contributed by atoms with Crippen molar-refractivity contribution in [3.05, 3.63) is 23.5 Å². The van der Waals surface area contributed by atoms with Gasteiger partial charge in [-0.25, -0.2) is 4.79 Å². The lowest BCUT2D eigenvalue weighted by Gasteiger charge is -1.97. The van der Waals surface area contributed by atoms with E-state index in [4.69, 9.17) is 10.8 Å². The predicted molar refractivity (Wildman–Crippen MR) is 40.4 cm³/mol. The Hall–Kier alpha value is -1.29. The zero-order chi connectivity index (χ0) is 8.43. The van der Waals surface area contributed by atoms with Crippen LogP contribution in [0.1, 0.15) is 29.0 Å². The number of H-pyrrole nitrogens is 1. The molecule has 4 nitrogen and oxygen atoms in total. The molecule has 0 aliphatic rings. The summed E-state index contributed by atoms with van der Waals surface area (Å²) < 4.78 is 0. The molecule has 1 rings (SSSR count). The number of carboxylic acid groups (broad SMARTS) is 1. The summed E-state index contributed by atoms with van der Waals surface area (Å²) in [5.41, 5.74) is 6.50. The summed E-state index contributed by atoms with van der Waals surface area (Å²) in [5, 5.41) is 8.51. The van der Waals surface area contributed by atoms with Gasteiger partial charge in [0.1, 0.15) is 5.69 Å². The summed E-state index contributed by atoms with van der Waals surface area (Å²) in [6.07, 6.45) is 1.61. The smallest absolute Gasteiger partial charge is 0.352 e. The zero-order valence-electron chi connectivity index (χ0n) is 6.16. The Labute approximate surface area is 64.0 Å². The lowest BCUT2D eigenvalue weighted by molar-refractivity contribution is 0.0691. The maximum absolute atomic E-state index is 10.4. The molecule has 0 spiro atoms. The highest BCUT2D eigenvalue weighted by molar-refractivity contribution is 5.85. The highest BCUT2D eigenvalue weighted by Crippen LogP contribution is 2.10. The lowest BCUT2D eigenvalue weighted by atomic mass is 10.2. The largest absolute Gasteiger partial charge is 0.477 e. The molecule has 60 valence electrons. The van der Waals surface area contributed by atoms with Gasteiger partial charge in [0.05, 0.1) is 0 Å². The summed E-state index contributed by atoms with van der Waals surface area (Å²) >= 11 is 0. The second-order valence-electron chi connectivity index (χ2n) is 2.44. The van der Waals surface area contributed by atoms with Crippen molar-refractivity contribution in [3.8, 4) is 0 Å². The second kappa shape index (κ2) is 2.75. The highest BCUT2D eigenvalue weighted by atomic mass is 16.4. The molecule has 1 heterocycles. The van der Waals surface area contributed by atoms with E-state index in [1.807, 2.05) is 0 Å². The first-order valence-electron chi connectivity index (χ1n) is 3.28. The van der Waals surface area contributed by atoms with E-state index >= 15 is 0 Å². The van der Waals surface area contributed by atoms with E-state index in [1.165, 1.54) is 6.07 Å². The maximum Gasteiger partial charge on any atom is 0.352 e. The van der Waals surface area contributed by atoms with E-state index in [-0.39, 0.29) is 11.7 Å². The van der Waals surface area contributed by atoms with E-state index in [2.05, 4.69) is 4.98 Å². The van der Waals surface area contributed by atoms with Crippen molar-refractivity contribution in [3.63, 3.8) is 0 Å². The van der Waals surface area contributed by atoms with Crippen molar-refractivity contribution in [2.24, 2.45) is 5.73 Å². The third-order valence-corrected chi connectivity index (χ3v) is 1.46. The number of carbonyl (C=O) groups is 1. The maximum atomic E-state index is 10.4. The van der Waals surface area contributed by atoms with Gasteiger partial charge in [0.25, 0.3) is 0 Å². The van der Waals surface area contributed by atoms with Gasteiger partial charge in [-0.1, -0.05) is 0 Å². The van der Waals surface area contributed by atoms with Gasteiger partial charge in [-0.05, 0) is 18.6 Å². The molecule has 1 aromatic rings. The fourth-order valence-corrected chi connectivity index (χ4v) is 0.797. The number of nitrogens with two attached hydrogens (primary N) is 1. The van der Waals surface area contributed by atoms with E-state index in [0.29, 0.717) is 0 Å². The molecule has 4 heteroatoms. The molecule has 4 N–H and O–H groups in total. The molecule has 1 atom stereocenters. The molecule has 0 saturated heterocycles. The molecule has 0 saturated carbocycles. The van der Waals surface area contributed by atoms with Crippen molar-refractivity contribution >= 4 is 5.97 Å². The molecule has 0 amide bonds. The molecule has 1 aromatic heterocycles. The van der Waals surface area contributed by atoms with Gasteiger partial charge in [0, 0.05) is 12.2 Å². The first-order chi connectivity index (χ1) is 5.11. The van der Waals surface area contributed by atoms with Crippen LogP contribution in [-0.2, 0) is 0 Å². The molecule has 0 aliphatic heterocycles. The molecule has 0 bridgehead atoms. The lowest BCUT2D eigenvalue weighted by Crippen LogP contribution is -2.03. The number of aromatic carboxylic acids is 1. The van der Waals surface area contributed by atoms with Gasteiger partial charge in [0.15, 0.2) is 0 Å². The number of rotatable bonds is 2. The van der Waals surface area contributed by atoms with Gasteiger partial charge in [-0.2, -0.15) is 0 Å². The minimum atomic E-state index is -0.961. The number of aromatic nitrogens is 1. The normalized spacial score (nSPS) is 12.9. The van der Waals surface area contributed by atoms with Gasteiger partial charge >= 0.3 is 5.97 Å². The van der Waals surface area contributed by atoms with Gasteiger partial charge in [-0.15, -0.1) is 0 Å². The van der Waals surface area contributed by atoms with Crippen LogP contribution < -0.4 is 5.73 Å². The van der Waals surface area contributed by atoms with Crippen LogP contribution in [-0.4, -0.2) is 16.1 Å². The average molecular weight is 154 g/mol. The van der Waals surface area contributed by atoms with Crippen LogP contribution in [0.4, 0.5) is 0 Å². The summed E-state index contributed by atoms with van der Waals surface area (Å²) in [5.74, 6) is -0.961. The van der Waals surface area contributed by atoms with Crippen LogP contribution in [0.25, 0.3) is 0 Å². The van der Waals surface area contributed by atoms with E-state index in [9.17, 15) is 4.79 Å². The Kier molecular flexibility index (Phi) is 1.96. The van der Waals surface area contributed by atoms with Crippen molar-refractivity contribution in [2.75, 3.05) is 0 Å². The van der Waals surface area contributed by atoms with Gasteiger partial charge < -0.3 is 15.8 Å². The predicted octanol–water partition coefficient (Wildman–Crippen LogP) is 0.733. The Morgan fingerprint density at radius 2 is 2.45 bits per heavy atom. The van der Waals surface area contributed by atoms with Gasteiger partial charge in [0.2, 0.25) is 0 Å². The van der Waals surface area contributed by atoms with Crippen molar-refractivity contribution in [1.29, 1.82) is 0 Å². The number of nitrogens with one attached hydrogen (secondary N) is 1. The molecule has 0 fully saturated rings. The number of carboxylic acids is 1. The minimum Gasteiger partial charge on any atom is -0.477 e. The Balaban J connectivity index is 2.90. The summed E-state index contributed by atoms with van der Waals surface area (Å²) in [4.78, 5) is 13.0. The van der Waals surface area contributed by atoms with E-state index in [0.717, 1.165) is 5.56 Å². The summed E-state index contributed by atoms with van der Waals surface area (Å²) in [6.45, 7) is 1.80. The van der Waals surface area contributed by atoms with Crippen molar-refractivity contribution in [2.45, 2.75) is 13.0 Å². The number of aromatic amines is 1. The molecule has 11 heavy (non-hydrogen) atoms. The third-order valence-electron chi connectivity index (χ3n) is 1.46. The minimum absolute atomic E-state index is 0.126. The number of hydrogen-bond donors (Lipinski definition) is 3. The fraction of sp³-hybridized carbons (Fsp3) is 0.286.